The minimum Gasteiger partial charge on any atom is -0.494 e. The molecule has 0 aromatic heterocycles. The van der Waals surface area contributed by atoms with Crippen molar-refractivity contribution in [2.45, 2.75) is 38.7 Å². The molecule has 1 saturated heterocycles. The molecular weight excluding hydrogens is 330 g/mol. The summed E-state index contributed by atoms with van der Waals surface area (Å²) in [5, 5.41) is 6.63. The highest BCUT2D eigenvalue weighted by atomic mass is 16.5. The second-order valence-electron chi connectivity index (χ2n) is 6.24. The van der Waals surface area contributed by atoms with Crippen molar-refractivity contribution in [2.24, 2.45) is 4.99 Å². The number of hydrogen-bond acceptors (Lipinski definition) is 4. The van der Waals surface area contributed by atoms with Crippen LogP contribution < -0.4 is 15.4 Å². The summed E-state index contributed by atoms with van der Waals surface area (Å²) >= 11 is 0. The third kappa shape index (κ3) is 9.06. The van der Waals surface area contributed by atoms with Gasteiger partial charge in [-0.1, -0.05) is 18.2 Å². The highest BCUT2D eigenvalue weighted by molar-refractivity contribution is 5.79. The van der Waals surface area contributed by atoms with Crippen molar-refractivity contribution in [1.82, 2.24) is 10.6 Å². The first-order valence-corrected chi connectivity index (χ1v) is 9.78. The molecule has 2 rings (SSSR count). The van der Waals surface area contributed by atoms with E-state index in [4.69, 9.17) is 14.2 Å². The first kappa shape index (κ1) is 20.5. The summed E-state index contributed by atoms with van der Waals surface area (Å²) in [6, 6.07) is 9.88. The number of para-hydroxylation sites is 1. The predicted octanol–water partition coefficient (Wildman–Crippen LogP) is 2.60. The van der Waals surface area contributed by atoms with Crippen molar-refractivity contribution in [3.05, 3.63) is 30.3 Å². The quantitative estimate of drug-likeness (QED) is 0.359. The number of benzene rings is 1. The molecule has 0 spiro atoms. The van der Waals surface area contributed by atoms with E-state index in [1.165, 1.54) is 0 Å². The van der Waals surface area contributed by atoms with E-state index in [9.17, 15) is 0 Å². The van der Waals surface area contributed by atoms with Gasteiger partial charge in [-0.25, -0.2) is 0 Å². The maximum absolute atomic E-state index is 5.88. The number of hydrogen-bond donors (Lipinski definition) is 2. The first-order valence-electron chi connectivity index (χ1n) is 9.78. The van der Waals surface area contributed by atoms with Crippen LogP contribution in [0.4, 0.5) is 0 Å². The van der Waals surface area contributed by atoms with Gasteiger partial charge in [0.1, 0.15) is 5.75 Å². The molecule has 6 nitrogen and oxygen atoms in total. The van der Waals surface area contributed by atoms with Crippen LogP contribution in [0.2, 0.25) is 0 Å². The van der Waals surface area contributed by atoms with Crippen LogP contribution in [0.3, 0.4) is 0 Å². The molecular formula is C20H33N3O3. The molecule has 2 N–H and O–H groups in total. The van der Waals surface area contributed by atoms with Crippen molar-refractivity contribution in [3.8, 4) is 5.75 Å². The Labute approximate surface area is 157 Å². The fourth-order valence-corrected chi connectivity index (χ4v) is 2.68. The lowest BCUT2D eigenvalue weighted by molar-refractivity contribution is -0.0320. The molecule has 1 aromatic rings. The molecule has 1 fully saturated rings. The van der Waals surface area contributed by atoms with Crippen LogP contribution in [0.25, 0.3) is 0 Å². The minimum absolute atomic E-state index is 0.371. The smallest absolute Gasteiger partial charge is 0.191 e. The van der Waals surface area contributed by atoms with Gasteiger partial charge in [0.05, 0.1) is 12.7 Å². The van der Waals surface area contributed by atoms with E-state index >= 15 is 0 Å². The summed E-state index contributed by atoms with van der Waals surface area (Å²) in [5.74, 6) is 1.77. The van der Waals surface area contributed by atoms with Crippen LogP contribution in [0.15, 0.2) is 35.3 Å². The van der Waals surface area contributed by atoms with Gasteiger partial charge >= 0.3 is 0 Å². The van der Waals surface area contributed by atoms with Crippen LogP contribution in [-0.2, 0) is 9.47 Å². The second-order valence-corrected chi connectivity index (χ2v) is 6.24. The van der Waals surface area contributed by atoms with Gasteiger partial charge in [-0.15, -0.1) is 0 Å². The topological polar surface area (TPSA) is 64.1 Å². The number of aliphatic imine (C=N–C) groups is 1. The molecule has 1 aromatic carbocycles. The molecule has 0 radical (unpaired) electrons. The van der Waals surface area contributed by atoms with Crippen molar-refractivity contribution in [3.63, 3.8) is 0 Å². The molecule has 0 bridgehead atoms. The lowest BCUT2D eigenvalue weighted by Crippen LogP contribution is -2.38. The van der Waals surface area contributed by atoms with E-state index in [2.05, 4.69) is 22.5 Å². The van der Waals surface area contributed by atoms with Crippen LogP contribution in [0.5, 0.6) is 5.75 Å². The largest absolute Gasteiger partial charge is 0.494 e. The number of nitrogens with one attached hydrogen (secondary N) is 2. The summed E-state index contributed by atoms with van der Waals surface area (Å²) < 4.78 is 16.9. The van der Waals surface area contributed by atoms with Gasteiger partial charge in [0.15, 0.2) is 5.96 Å². The van der Waals surface area contributed by atoms with E-state index in [1.54, 1.807) is 0 Å². The Balaban J connectivity index is 1.53. The van der Waals surface area contributed by atoms with Gasteiger partial charge in [0, 0.05) is 45.9 Å². The zero-order chi connectivity index (χ0) is 18.3. The summed E-state index contributed by atoms with van der Waals surface area (Å²) in [4.78, 5) is 4.59. The van der Waals surface area contributed by atoms with Crippen molar-refractivity contribution in [2.75, 3.05) is 46.1 Å². The summed E-state index contributed by atoms with van der Waals surface area (Å²) in [6.45, 7) is 7.63. The fourth-order valence-electron chi connectivity index (χ4n) is 2.68. The zero-order valence-corrected chi connectivity index (χ0v) is 15.9. The molecule has 0 atom stereocenters. The van der Waals surface area contributed by atoms with Crippen molar-refractivity contribution >= 4 is 5.96 Å². The molecule has 146 valence electrons. The third-order valence-corrected chi connectivity index (χ3v) is 4.06. The van der Waals surface area contributed by atoms with Gasteiger partial charge in [-0.05, 0) is 38.3 Å². The molecule has 6 heteroatoms. The van der Waals surface area contributed by atoms with E-state index in [0.29, 0.717) is 12.7 Å². The average Bonchev–Trinajstić information content (AvgIpc) is 2.69. The Bertz CT molecular complexity index is 490. The third-order valence-electron chi connectivity index (χ3n) is 4.06. The van der Waals surface area contributed by atoms with E-state index < -0.39 is 0 Å². The molecule has 0 unspecified atom stereocenters. The van der Waals surface area contributed by atoms with Crippen molar-refractivity contribution < 1.29 is 14.2 Å². The monoisotopic (exact) mass is 363 g/mol. The average molecular weight is 364 g/mol. The second kappa shape index (κ2) is 13.4. The highest BCUT2D eigenvalue weighted by Gasteiger charge is 2.13. The maximum Gasteiger partial charge on any atom is 0.191 e. The standard InChI is InChI=1S/C20H33N3O3/c1-2-21-20(22-12-6-14-25-18-8-4-3-5-9-18)23-13-7-15-26-19-10-16-24-17-11-19/h3-5,8-9,19H,2,6-7,10-17H2,1H3,(H2,21,22,23). The number of rotatable bonds is 11. The van der Waals surface area contributed by atoms with E-state index in [-0.39, 0.29) is 0 Å². The molecule has 0 aliphatic carbocycles. The zero-order valence-electron chi connectivity index (χ0n) is 15.9. The molecule has 0 saturated carbocycles. The van der Waals surface area contributed by atoms with Gasteiger partial charge in [-0.3, -0.25) is 4.99 Å². The lowest BCUT2D eigenvalue weighted by atomic mass is 10.1. The summed E-state index contributed by atoms with van der Waals surface area (Å²) in [7, 11) is 0. The normalized spacial score (nSPS) is 15.7. The van der Waals surface area contributed by atoms with Gasteiger partial charge < -0.3 is 24.8 Å². The number of ether oxygens (including phenoxy) is 3. The fraction of sp³-hybridized carbons (Fsp3) is 0.650. The van der Waals surface area contributed by atoms with Crippen LogP contribution in [0.1, 0.15) is 32.6 Å². The SMILES string of the molecule is CCNC(=NCCCOc1ccccc1)NCCCOC1CCOCC1. The Morgan fingerprint density at radius 2 is 1.92 bits per heavy atom. The molecule has 0 amide bonds. The molecule has 1 heterocycles. The molecule has 26 heavy (non-hydrogen) atoms. The molecule has 1 aliphatic rings. The number of guanidine groups is 1. The van der Waals surface area contributed by atoms with Crippen LogP contribution in [-0.4, -0.2) is 58.1 Å². The predicted molar refractivity (Wildman–Crippen MR) is 105 cm³/mol. The Morgan fingerprint density at radius 3 is 2.69 bits per heavy atom. The highest BCUT2D eigenvalue weighted by Crippen LogP contribution is 2.10. The first-order chi connectivity index (χ1) is 12.9. The maximum atomic E-state index is 5.88. The summed E-state index contributed by atoms with van der Waals surface area (Å²) in [5.41, 5.74) is 0. The Hall–Kier alpha value is -1.79. The lowest BCUT2D eigenvalue weighted by Gasteiger charge is -2.22. The van der Waals surface area contributed by atoms with Crippen molar-refractivity contribution in [1.29, 1.82) is 0 Å². The minimum atomic E-state index is 0.371. The van der Waals surface area contributed by atoms with Gasteiger partial charge in [0.2, 0.25) is 0 Å². The van der Waals surface area contributed by atoms with Crippen LogP contribution >= 0.6 is 0 Å². The molecule has 1 aliphatic heterocycles. The van der Waals surface area contributed by atoms with Crippen LogP contribution in [0, 0.1) is 0 Å². The Kier molecular flexibility index (Phi) is 10.6. The van der Waals surface area contributed by atoms with E-state index in [1.807, 2.05) is 30.3 Å². The Morgan fingerprint density at radius 1 is 1.12 bits per heavy atom. The van der Waals surface area contributed by atoms with E-state index in [0.717, 1.165) is 76.8 Å². The van der Waals surface area contributed by atoms with Gasteiger partial charge in [-0.2, -0.15) is 0 Å². The van der Waals surface area contributed by atoms with Gasteiger partial charge in [0.25, 0.3) is 0 Å². The summed E-state index contributed by atoms with van der Waals surface area (Å²) in [6.07, 6.45) is 4.26. The number of nitrogens with zero attached hydrogens (tertiary/aromatic N) is 1.